The van der Waals surface area contributed by atoms with Crippen LogP contribution in [0.3, 0.4) is 0 Å². The molecular weight excluding hydrogens is 509 g/mol. The Morgan fingerprint density at radius 3 is 2.50 bits per heavy atom. The number of hydrogen-bond acceptors (Lipinski definition) is 2. The zero-order chi connectivity index (χ0) is 20.3. The molecule has 1 heterocycles. The van der Waals surface area contributed by atoms with Crippen LogP contribution in [-0.2, 0) is 19.4 Å². The summed E-state index contributed by atoms with van der Waals surface area (Å²) in [5.41, 5.74) is 2.52. The van der Waals surface area contributed by atoms with E-state index >= 15 is 0 Å². The number of nitrogens with zero attached hydrogens (tertiary/aromatic N) is 3. The van der Waals surface area contributed by atoms with Gasteiger partial charge >= 0.3 is 0 Å². The number of hydrogen-bond donors (Lipinski definition) is 2. The van der Waals surface area contributed by atoms with Crippen molar-refractivity contribution in [3.05, 3.63) is 89.0 Å². The zero-order valence-electron chi connectivity index (χ0n) is 17.2. The van der Waals surface area contributed by atoms with E-state index in [0.29, 0.717) is 6.54 Å². The minimum absolute atomic E-state index is 0. The summed E-state index contributed by atoms with van der Waals surface area (Å²) < 4.78 is 2.19. The van der Waals surface area contributed by atoms with Crippen LogP contribution in [0.25, 0.3) is 0 Å². The topological polar surface area (TPSA) is 54.2 Å². The standard InChI is InChI=1S/C23H28ClN5.HI/c1-2-25-23(27-14-12-19-8-10-21(24)11-9-19)28-15-13-22-26-16-17-29(22)18-20-6-4-3-5-7-20;/h3-11,16-17H,2,12-15,18H2,1H3,(H2,25,27,28);1H. The average molecular weight is 538 g/mol. The lowest BCUT2D eigenvalue weighted by Gasteiger charge is -2.12. The van der Waals surface area contributed by atoms with Gasteiger partial charge < -0.3 is 15.2 Å². The number of benzene rings is 2. The maximum atomic E-state index is 5.94. The lowest BCUT2D eigenvalue weighted by atomic mass is 10.1. The van der Waals surface area contributed by atoms with Crippen molar-refractivity contribution in [3.63, 3.8) is 0 Å². The molecule has 0 amide bonds. The highest BCUT2D eigenvalue weighted by molar-refractivity contribution is 14.0. The Hall–Kier alpha value is -2.06. The number of halogens is 2. The number of aromatic nitrogens is 2. The van der Waals surface area contributed by atoms with Crippen molar-refractivity contribution in [2.45, 2.75) is 26.3 Å². The van der Waals surface area contributed by atoms with Crippen LogP contribution in [0.5, 0.6) is 0 Å². The van der Waals surface area contributed by atoms with Gasteiger partial charge in [-0.15, -0.1) is 24.0 Å². The summed E-state index contributed by atoms with van der Waals surface area (Å²) >= 11 is 5.94. The first-order chi connectivity index (χ1) is 14.2. The van der Waals surface area contributed by atoms with Crippen molar-refractivity contribution >= 4 is 41.5 Å². The summed E-state index contributed by atoms with van der Waals surface area (Å²) in [6, 6.07) is 18.4. The molecule has 0 spiro atoms. The van der Waals surface area contributed by atoms with Crippen molar-refractivity contribution in [1.29, 1.82) is 0 Å². The second kappa shape index (κ2) is 13.3. The molecule has 0 aliphatic heterocycles. The van der Waals surface area contributed by atoms with E-state index in [1.165, 1.54) is 11.1 Å². The summed E-state index contributed by atoms with van der Waals surface area (Å²) in [6.45, 7) is 5.23. The largest absolute Gasteiger partial charge is 0.357 e. The van der Waals surface area contributed by atoms with Crippen LogP contribution in [0.2, 0.25) is 5.02 Å². The number of aliphatic imine (C=N–C) groups is 1. The summed E-state index contributed by atoms with van der Waals surface area (Å²) in [5.74, 6) is 1.89. The highest BCUT2D eigenvalue weighted by Gasteiger charge is 2.04. The molecule has 3 aromatic rings. The van der Waals surface area contributed by atoms with Gasteiger partial charge in [0.05, 0.1) is 0 Å². The van der Waals surface area contributed by atoms with Gasteiger partial charge in [-0.2, -0.15) is 0 Å². The highest BCUT2D eigenvalue weighted by atomic mass is 127. The fourth-order valence-electron chi connectivity index (χ4n) is 3.08. The number of rotatable bonds is 9. The highest BCUT2D eigenvalue weighted by Crippen LogP contribution is 2.09. The van der Waals surface area contributed by atoms with E-state index in [0.717, 1.165) is 49.3 Å². The summed E-state index contributed by atoms with van der Waals surface area (Å²) in [7, 11) is 0. The van der Waals surface area contributed by atoms with Gasteiger partial charge in [-0.05, 0) is 36.6 Å². The van der Waals surface area contributed by atoms with Gasteiger partial charge in [0.2, 0.25) is 0 Å². The van der Waals surface area contributed by atoms with E-state index in [9.17, 15) is 0 Å². The Morgan fingerprint density at radius 2 is 1.77 bits per heavy atom. The van der Waals surface area contributed by atoms with E-state index in [1.807, 2.05) is 30.6 Å². The van der Waals surface area contributed by atoms with Crippen LogP contribution in [0.4, 0.5) is 0 Å². The molecule has 0 saturated carbocycles. The third kappa shape index (κ3) is 7.99. The Balaban J connectivity index is 0.00000320. The van der Waals surface area contributed by atoms with Gasteiger partial charge in [0.15, 0.2) is 5.96 Å². The fourth-order valence-corrected chi connectivity index (χ4v) is 3.20. The Bertz CT molecular complexity index is 893. The lowest BCUT2D eigenvalue weighted by Crippen LogP contribution is -2.38. The molecule has 0 radical (unpaired) electrons. The molecule has 0 atom stereocenters. The third-order valence-corrected chi connectivity index (χ3v) is 4.82. The predicted octanol–water partition coefficient (Wildman–Crippen LogP) is 4.54. The van der Waals surface area contributed by atoms with E-state index in [4.69, 9.17) is 16.6 Å². The molecule has 0 bridgehead atoms. The molecule has 1 aromatic heterocycles. The molecule has 7 heteroatoms. The van der Waals surface area contributed by atoms with Gasteiger partial charge in [-0.25, -0.2) is 4.98 Å². The molecule has 160 valence electrons. The molecule has 2 aromatic carbocycles. The third-order valence-electron chi connectivity index (χ3n) is 4.57. The van der Waals surface area contributed by atoms with Crippen LogP contribution in [0, 0.1) is 0 Å². The second-order valence-corrected chi connectivity index (χ2v) is 7.21. The van der Waals surface area contributed by atoms with Gasteiger partial charge in [0.1, 0.15) is 5.82 Å². The van der Waals surface area contributed by atoms with E-state index in [1.54, 1.807) is 0 Å². The molecule has 5 nitrogen and oxygen atoms in total. The van der Waals surface area contributed by atoms with Crippen LogP contribution in [0.1, 0.15) is 23.9 Å². The van der Waals surface area contributed by atoms with Crippen molar-refractivity contribution in [2.75, 3.05) is 19.6 Å². The van der Waals surface area contributed by atoms with Crippen LogP contribution < -0.4 is 10.6 Å². The first-order valence-corrected chi connectivity index (χ1v) is 10.4. The normalized spacial score (nSPS) is 11.1. The quantitative estimate of drug-likeness (QED) is 0.239. The van der Waals surface area contributed by atoms with Crippen molar-refractivity contribution in [1.82, 2.24) is 20.2 Å². The van der Waals surface area contributed by atoms with Crippen molar-refractivity contribution in [2.24, 2.45) is 4.99 Å². The monoisotopic (exact) mass is 537 g/mol. The average Bonchev–Trinajstić information content (AvgIpc) is 3.17. The maximum absolute atomic E-state index is 5.94. The van der Waals surface area contributed by atoms with Gasteiger partial charge in [0, 0.05) is 50.0 Å². The van der Waals surface area contributed by atoms with Gasteiger partial charge in [-0.1, -0.05) is 54.1 Å². The van der Waals surface area contributed by atoms with Crippen LogP contribution in [-0.4, -0.2) is 35.1 Å². The molecule has 0 saturated heterocycles. The van der Waals surface area contributed by atoms with E-state index in [2.05, 4.69) is 63.5 Å². The second-order valence-electron chi connectivity index (χ2n) is 6.77. The van der Waals surface area contributed by atoms with E-state index in [-0.39, 0.29) is 24.0 Å². The zero-order valence-corrected chi connectivity index (χ0v) is 20.3. The first kappa shape index (κ1) is 24.2. The molecule has 30 heavy (non-hydrogen) atoms. The molecule has 0 aliphatic carbocycles. The molecule has 3 rings (SSSR count). The van der Waals surface area contributed by atoms with Crippen LogP contribution in [0.15, 0.2) is 72.0 Å². The Morgan fingerprint density at radius 1 is 1.00 bits per heavy atom. The molecule has 0 fully saturated rings. The molecular formula is C23H29ClIN5. The predicted molar refractivity (Wildman–Crippen MR) is 136 cm³/mol. The molecule has 0 aliphatic rings. The summed E-state index contributed by atoms with van der Waals surface area (Å²) in [4.78, 5) is 9.21. The summed E-state index contributed by atoms with van der Waals surface area (Å²) in [5, 5.41) is 7.47. The Kier molecular flexibility index (Phi) is 10.7. The van der Waals surface area contributed by atoms with Gasteiger partial charge in [-0.3, -0.25) is 4.99 Å². The number of guanidine groups is 1. The number of imidazole rings is 1. The van der Waals surface area contributed by atoms with Crippen LogP contribution >= 0.6 is 35.6 Å². The van der Waals surface area contributed by atoms with Crippen molar-refractivity contribution in [3.8, 4) is 0 Å². The first-order valence-electron chi connectivity index (χ1n) is 10.0. The lowest BCUT2D eigenvalue weighted by molar-refractivity contribution is 0.712. The van der Waals surface area contributed by atoms with E-state index < -0.39 is 0 Å². The fraction of sp³-hybridized carbons (Fsp3) is 0.304. The summed E-state index contributed by atoms with van der Waals surface area (Å²) in [6.07, 6.45) is 5.61. The van der Waals surface area contributed by atoms with Gasteiger partial charge in [0.25, 0.3) is 0 Å². The minimum Gasteiger partial charge on any atom is -0.357 e. The maximum Gasteiger partial charge on any atom is 0.191 e. The number of nitrogens with one attached hydrogen (secondary N) is 2. The Labute approximate surface area is 201 Å². The smallest absolute Gasteiger partial charge is 0.191 e. The molecule has 0 unspecified atom stereocenters. The molecule has 2 N–H and O–H groups in total. The van der Waals surface area contributed by atoms with Crippen molar-refractivity contribution < 1.29 is 0 Å². The SMILES string of the molecule is CCNC(=NCCc1nccn1Cc1ccccc1)NCCc1ccc(Cl)cc1.I. The minimum atomic E-state index is 0.